The van der Waals surface area contributed by atoms with Crippen molar-refractivity contribution in [1.29, 1.82) is 0 Å². The Morgan fingerprint density at radius 2 is 1.95 bits per heavy atom. The Morgan fingerprint density at radius 1 is 1.32 bits per heavy atom. The van der Waals surface area contributed by atoms with E-state index in [0.29, 0.717) is 13.1 Å². The van der Waals surface area contributed by atoms with Gasteiger partial charge in [0.25, 0.3) is 0 Å². The molecule has 0 unspecified atom stereocenters. The van der Waals surface area contributed by atoms with Gasteiger partial charge in [0, 0.05) is 13.1 Å². The summed E-state index contributed by atoms with van der Waals surface area (Å²) in [5.74, 6) is 0. The van der Waals surface area contributed by atoms with Gasteiger partial charge in [0.2, 0.25) is 0 Å². The normalized spacial score (nSPS) is 11.6. The fourth-order valence-electron chi connectivity index (χ4n) is 1.42. The third-order valence-corrected chi connectivity index (χ3v) is 2.29. The van der Waals surface area contributed by atoms with Crippen molar-refractivity contribution >= 4 is 12.2 Å². The summed E-state index contributed by atoms with van der Waals surface area (Å²) in [5.41, 5.74) is 7.23. The molecule has 1 aromatic carbocycles. The van der Waals surface area contributed by atoms with Gasteiger partial charge in [-0.25, -0.2) is 4.79 Å². The number of amides is 1. The summed E-state index contributed by atoms with van der Waals surface area (Å²) in [7, 11) is 0. The molecule has 0 heterocycles. The number of alkyl carbamates (subject to hydrolysis) is 1. The molecule has 19 heavy (non-hydrogen) atoms. The number of benzene rings is 1. The van der Waals surface area contributed by atoms with Gasteiger partial charge in [-0.15, -0.1) is 0 Å². The predicted octanol–water partition coefficient (Wildman–Crippen LogP) is 2.68. The first-order valence-electron chi connectivity index (χ1n) is 6.33. The van der Waals surface area contributed by atoms with Crippen LogP contribution < -0.4 is 11.1 Å². The average molecular weight is 262 g/mol. The zero-order valence-electron chi connectivity index (χ0n) is 11.8. The summed E-state index contributed by atoms with van der Waals surface area (Å²) in [6.07, 6.45) is 3.41. The Kier molecular flexibility index (Phi) is 5.57. The third kappa shape index (κ3) is 6.62. The van der Waals surface area contributed by atoms with Gasteiger partial charge in [-0.2, -0.15) is 0 Å². The van der Waals surface area contributed by atoms with Crippen LogP contribution >= 0.6 is 0 Å². The van der Waals surface area contributed by atoms with E-state index in [9.17, 15) is 4.79 Å². The van der Waals surface area contributed by atoms with Gasteiger partial charge >= 0.3 is 6.09 Å². The maximum Gasteiger partial charge on any atom is 0.407 e. The van der Waals surface area contributed by atoms with E-state index < -0.39 is 11.7 Å². The zero-order chi connectivity index (χ0) is 14.3. The van der Waals surface area contributed by atoms with Crippen molar-refractivity contribution in [3.8, 4) is 0 Å². The minimum Gasteiger partial charge on any atom is -0.444 e. The van der Waals surface area contributed by atoms with E-state index in [1.54, 1.807) is 0 Å². The number of hydrogen-bond acceptors (Lipinski definition) is 3. The van der Waals surface area contributed by atoms with Crippen LogP contribution in [0.1, 0.15) is 31.9 Å². The lowest BCUT2D eigenvalue weighted by molar-refractivity contribution is 0.0534. The molecule has 0 bridgehead atoms. The molecular formula is C15H22N2O2. The van der Waals surface area contributed by atoms with Crippen LogP contribution in [0.5, 0.6) is 0 Å². The van der Waals surface area contributed by atoms with E-state index in [-0.39, 0.29) is 0 Å². The number of hydrogen-bond donors (Lipinski definition) is 2. The third-order valence-electron chi connectivity index (χ3n) is 2.29. The maximum absolute atomic E-state index is 11.4. The molecule has 0 aromatic heterocycles. The van der Waals surface area contributed by atoms with Crippen molar-refractivity contribution in [2.45, 2.75) is 32.9 Å². The smallest absolute Gasteiger partial charge is 0.407 e. The molecule has 0 spiro atoms. The molecule has 0 aliphatic heterocycles. The highest BCUT2D eigenvalue weighted by molar-refractivity contribution is 5.68. The van der Waals surface area contributed by atoms with Gasteiger partial charge in [-0.1, -0.05) is 36.4 Å². The molecule has 0 atom stereocenters. The number of nitrogens with one attached hydrogen (secondary N) is 1. The molecule has 0 radical (unpaired) electrons. The van der Waals surface area contributed by atoms with Crippen LogP contribution in [-0.2, 0) is 11.3 Å². The second kappa shape index (κ2) is 6.95. The molecule has 3 N–H and O–H groups in total. The summed E-state index contributed by atoms with van der Waals surface area (Å²) in [6.45, 7) is 6.49. The van der Waals surface area contributed by atoms with Gasteiger partial charge in [-0.05, 0) is 31.9 Å². The minimum atomic E-state index is -0.466. The second-order valence-electron chi connectivity index (χ2n) is 5.23. The quantitative estimate of drug-likeness (QED) is 0.876. The summed E-state index contributed by atoms with van der Waals surface area (Å²) in [6, 6.07) is 7.96. The standard InChI is InChI=1S/C15H22N2O2/c1-15(2,3)19-14(18)17-10-4-5-12-6-8-13(11-16)9-7-12/h4-9H,10-11,16H2,1-3H3,(H,17,18). The van der Waals surface area contributed by atoms with Crippen molar-refractivity contribution in [3.05, 3.63) is 41.5 Å². The van der Waals surface area contributed by atoms with Gasteiger partial charge in [0.05, 0.1) is 0 Å². The Labute approximate surface area is 114 Å². The first kappa shape index (κ1) is 15.2. The lowest BCUT2D eigenvalue weighted by Crippen LogP contribution is -2.32. The van der Waals surface area contributed by atoms with E-state index in [0.717, 1.165) is 11.1 Å². The fraction of sp³-hybridized carbons (Fsp3) is 0.400. The molecule has 1 aromatic rings. The number of carbonyl (C=O) groups excluding carboxylic acids is 1. The maximum atomic E-state index is 11.4. The van der Waals surface area contributed by atoms with Gasteiger partial charge < -0.3 is 15.8 Å². The molecule has 0 aliphatic rings. The number of carbonyl (C=O) groups is 1. The second-order valence-corrected chi connectivity index (χ2v) is 5.23. The largest absolute Gasteiger partial charge is 0.444 e. The van der Waals surface area contributed by atoms with Gasteiger partial charge in [0.15, 0.2) is 0 Å². The van der Waals surface area contributed by atoms with E-state index in [4.69, 9.17) is 10.5 Å². The first-order chi connectivity index (χ1) is 8.90. The summed E-state index contributed by atoms with van der Waals surface area (Å²) < 4.78 is 5.12. The van der Waals surface area contributed by atoms with E-state index in [2.05, 4.69) is 5.32 Å². The highest BCUT2D eigenvalue weighted by atomic mass is 16.6. The monoisotopic (exact) mass is 262 g/mol. The topological polar surface area (TPSA) is 64.3 Å². The highest BCUT2D eigenvalue weighted by Gasteiger charge is 2.14. The van der Waals surface area contributed by atoms with E-state index in [1.807, 2.05) is 57.2 Å². The average Bonchev–Trinajstić information content (AvgIpc) is 2.33. The lowest BCUT2D eigenvalue weighted by Gasteiger charge is -2.19. The van der Waals surface area contributed by atoms with Crippen LogP contribution in [0.15, 0.2) is 30.3 Å². The Morgan fingerprint density at radius 3 is 2.47 bits per heavy atom. The predicted molar refractivity (Wildman–Crippen MR) is 77.6 cm³/mol. The van der Waals surface area contributed by atoms with Crippen molar-refractivity contribution in [3.63, 3.8) is 0 Å². The lowest BCUT2D eigenvalue weighted by atomic mass is 10.1. The molecular weight excluding hydrogens is 240 g/mol. The molecule has 1 rings (SSSR count). The van der Waals surface area contributed by atoms with Crippen LogP contribution in [0.2, 0.25) is 0 Å². The SMILES string of the molecule is CC(C)(C)OC(=O)NCC=Cc1ccc(CN)cc1. The van der Waals surface area contributed by atoms with Crippen molar-refractivity contribution in [1.82, 2.24) is 5.32 Å². The first-order valence-corrected chi connectivity index (χ1v) is 6.33. The van der Waals surface area contributed by atoms with Crippen molar-refractivity contribution in [2.24, 2.45) is 5.73 Å². The van der Waals surface area contributed by atoms with Gasteiger partial charge in [-0.3, -0.25) is 0 Å². The van der Waals surface area contributed by atoms with Crippen LogP contribution in [0.3, 0.4) is 0 Å². The van der Waals surface area contributed by atoms with Crippen LogP contribution in [0.25, 0.3) is 6.08 Å². The molecule has 104 valence electrons. The molecule has 4 nitrogen and oxygen atoms in total. The number of rotatable bonds is 4. The van der Waals surface area contributed by atoms with E-state index in [1.165, 1.54) is 0 Å². The zero-order valence-corrected chi connectivity index (χ0v) is 11.8. The number of ether oxygens (including phenoxy) is 1. The fourth-order valence-corrected chi connectivity index (χ4v) is 1.42. The van der Waals surface area contributed by atoms with Gasteiger partial charge in [0.1, 0.15) is 5.60 Å². The number of nitrogens with two attached hydrogens (primary N) is 1. The van der Waals surface area contributed by atoms with Crippen molar-refractivity contribution < 1.29 is 9.53 Å². The van der Waals surface area contributed by atoms with Crippen LogP contribution in [0.4, 0.5) is 4.79 Å². The summed E-state index contributed by atoms with van der Waals surface area (Å²) >= 11 is 0. The Balaban J connectivity index is 2.35. The Hall–Kier alpha value is -1.81. The molecule has 0 fully saturated rings. The summed E-state index contributed by atoms with van der Waals surface area (Å²) in [4.78, 5) is 11.4. The molecule has 0 saturated carbocycles. The van der Waals surface area contributed by atoms with Crippen LogP contribution in [0, 0.1) is 0 Å². The molecule has 0 saturated heterocycles. The summed E-state index contributed by atoms with van der Waals surface area (Å²) in [5, 5.41) is 2.66. The highest BCUT2D eigenvalue weighted by Crippen LogP contribution is 2.07. The minimum absolute atomic E-state index is 0.407. The molecule has 4 heteroatoms. The molecule has 0 aliphatic carbocycles. The van der Waals surface area contributed by atoms with Crippen LogP contribution in [-0.4, -0.2) is 18.2 Å². The van der Waals surface area contributed by atoms with E-state index >= 15 is 0 Å². The Bertz CT molecular complexity index is 430. The molecule has 1 amide bonds. The van der Waals surface area contributed by atoms with Crippen molar-refractivity contribution in [2.75, 3.05) is 6.54 Å².